The third-order valence-electron chi connectivity index (χ3n) is 3.27. The van der Waals surface area contributed by atoms with E-state index in [9.17, 15) is 14.4 Å². The lowest BCUT2D eigenvalue weighted by atomic mass is 10.1. The summed E-state index contributed by atoms with van der Waals surface area (Å²) >= 11 is 0. The van der Waals surface area contributed by atoms with Crippen LogP contribution in [0.3, 0.4) is 0 Å². The Hall–Kier alpha value is -2.83. The van der Waals surface area contributed by atoms with Gasteiger partial charge in [0, 0.05) is 6.42 Å². The van der Waals surface area contributed by atoms with Crippen LogP contribution in [0.4, 0.5) is 4.79 Å². The summed E-state index contributed by atoms with van der Waals surface area (Å²) in [5, 5.41) is 5.05. The highest BCUT2D eigenvalue weighted by Crippen LogP contribution is 2.08. The van der Waals surface area contributed by atoms with Crippen LogP contribution < -0.4 is 10.6 Å². The molecule has 7 heteroatoms. The van der Waals surface area contributed by atoms with Gasteiger partial charge in [0.1, 0.15) is 24.8 Å². The van der Waals surface area contributed by atoms with Crippen molar-refractivity contribution in [2.24, 2.45) is 0 Å². The fraction of sp³-hybridized carbons (Fsp3) is 0.450. The number of nitrogens with one attached hydrogen (secondary N) is 2. The first kappa shape index (κ1) is 22.2. The number of hydrogen-bond acceptors (Lipinski definition) is 5. The monoisotopic (exact) mass is 376 g/mol. The molecular weight excluding hydrogens is 348 g/mol. The molecule has 0 fully saturated rings. The fourth-order valence-corrected chi connectivity index (χ4v) is 2.08. The van der Waals surface area contributed by atoms with Crippen LogP contribution in [0.25, 0.3) is 0 Å². The zero-order valence-corrected chi connectivity index (χ0v) is 16.3. The Morgan fingerprint density at radius 3 is 2.41 bits per heavy atom. The van der Waals surface area contributed by atoms with Crippen molar-refractivity contribution in [2.75, 3.05) is 13.2 Å². The Morgan fingerprint density at radius 1 is 1.15 bits per heavy atom. The number of carbonyl (C=O) groups excluding carboxylic acids is 3. The first-order valence-corrected chi connectivity index (χ1v) is 8.79. The minimum atomic E-state index is -0.884. The molecular formula is C20H28N2O5. The van der Waals surface area contributed by atoms with Gasteiger partial charge in [-0.3, -0.25) is 9.59 Å². The molecule has 0 bridgehead atoms. The van der Waals surface area contributed by atoms with Crippen LogP contribution in [0, 0.1) is 0 Å². The summed E-state index contributed by atoms with van der Waals surface area (Å²) < 4.78 is 10.1. The number of carbonyl (C=O) groups is 3. The van der Waals surface area contributed by atoms with Crippen molar-refractivity contribution in [3.05, 3.63) is 48.0 Å². The number of hydrogen-bond donors (Lipinski definition) is 2. The second kappa shape index (κ2) is 11.0. The minimum absolute atomic E-state index is 0.148. The number of benzene rings is 1. The van der Waals surface area contributed by atoms with E-state index in [2.05, 4.69) is 10.6 Å². The van der Waals surface area contributed by atoms with E-state index in [0.717, 1.165) is 5.56 Å². The summed E-state index contributed by atoms with van der Waals surface area (Å²) in [6, 6.07) is 8.36. The highest BCUT2D eigenvalue weighted by molar-refractivity contribution is 5.88. The summed E-state index contributed by atoms with van der Waals surface area (Å²) in [6.45, 7) is 6.89. The number of esters is 1. The molecule has 1 aromatic carbocycles. The minimum Gasteiger partial charge on any atom is -0.460 e. The number of alkyl carbamates (subject to hydrolysis) is 1. The summed E-state index contributed by atoms with van der Waals surface area (Å²) in [5.41, 5.74) is 0.179. The molecule has 0 aromatic heterocycles. The van der Waals surface area contributed by atoms with Crippen molar-refractivity contribution in [1.29, 1.82) is 0 Å². The molecule has 0 radical (unpaired) electrons. The molecule has 2 N–H and O–H groups in total. The second-order valence-electron chi connectivity index (χ2n) is 6.86. The predicted octanol–water partition coefficient (Wildman–Crippen LogP) is 2.36. The van der Waals surface area contributed by atoms with Crippen LogP contribution in [-0.2, 0) is 25.5 Å². The first-order valence-electron chi connectivity index (χ1n) is 8.79. The average Bonchev–Trinajstić information content (AvgIpc) is 2.58. The van der Waals surface area contributed by atoms with Crippen molar-refractivity contribution < 1.29 is 23.9 Å². The number of ether oxygens (including phenoxy) is 2. The van der Waals surface area contributed by atoms with E-state index < -0.39 is 29.6 Å². The lowest BCUT2D eigenvalue weighted by molar-refractivity contribution is -0.142. The Morgan fingerprint density at radius 2 is 1.81 bits per heavy atom. The molecule has 0 aliphatic heterocycles. The van der Waals surface area contributed by atoms with Crippen molar-refractivity contribution in [2.45, 2.75) is 45.8 Å². The molecule has 0 heterocycles. The van der Waals surface area contributed by atoms with Crippen LogP contribution in [0.2, 0.25) is 0 Å². The van der Waals surface area contributed by atoms with Gasteiger partial charge >= 0.3 is 12.1 Å². The molecule has 7 nitrogen and oxygen atoms in total. The van der Waals surface area contributed by atoms with Crippen molar-refractivity contribution in [1.82, 2.24) is 10.6 Å². The van der Waals surface area contributed by atoms with E-state index in [4.69, 9.17) is 9.47 Å². The number of allylic oxidation sites excluding steroid dienone is 1. The first-order chi connectivity index (χ1) is 12.7. The molecule has 0 saturated heterocycles. The zero-order valence-electron chi connectivity index (χ0n) is 16.3. The smallest absolute Gasteiger partial charge is 0.408 e. The van der Waals surface area contributed by atoms with Gasteiger partial charge in [-0.1, -0.05) is 42.5 Å². The SMILES string of the molecule is C/C=C/COC(=O)CNC(=O)[C@@H](Cc1ccccc1)NC(=O)OC(C)(C)C. The van der Waals surface area contributed by atoms with Crippen LogP contribution in [0.1, 0.15) is 33.3 Å². The summed E-state index contributed by atoms with van der Waals surface area (Å²) in [5.74, 6) is -1.05. The predicted molar refractivity (Wildman–Crippen MR) is 102 cm³/mol. The van der Waals surface area contributed by atoms with Gasteiger partial charge in [-0.2, -0.15) is 0 Å². The molecule has 0 saturated carbocycles. The maximum absolute atomic E-state index is 12.5. The van der Waals surface area contributed by atoms with Gasteiger partial charge in [0.15, 0.2) is 0 Å². The second-order valence-corrected chi connectivity index (χ2v) is 6.86. The van der Waals surface area contributed by atoms with E-state index >= 15 is 0 Å². The maximum atomic E-state index is 12.5. The highest BCUT2D eigenvalue weighted by atomic mass is 16.6. The van der Waals surface area contributed by atoms with Gasteiger partial charge in [0.25, 0.3) is 0 Å². The van der Waals surface area contributed by atoms with Gasteiger partial charge in [0.05, 0.1) is 0 Å². The fourth-order valence-electron chi connectivity index (χ4n) is 2.08. The van der Waals surface area contributed by atoms with Gasteiger partial charge < -0.3 is 20.1 Å². The average molecular weight is 376 g/mol. The summed E-state index contributed by atoms with van der Waals surface area (Å²) in [7, 11) is 0. The summed E-state index contributed by atoms with van der Waals surface area (Å²) in [6.07, 6.45) is 3.00. The van der Waals surface area contributed by atoms with Crippen LogP contribution in [-0.4, -0.2) is 42.8 Å². The molecule has 1 rings (SSSR count). The standard InChI is InChI=1S/C20H28N2O5/c1-5-6-12-26-17(23)14-21-18(24)16(13-15-10-8-7-9-11-15)22-19(25)27-20(2,3)4/h5-11,16H,12-14H2,1-4H3,(H,21,24)(H,22,25)/b6-5+/t16-/m1/s1. The Kier molecular flexibility index (Phi) is 9.05. The molecule has 0 aliphatic carbocycles. The van der Waals surface area contributed by atoms with Crippen LogP contribution in [0.5, 0.6) is 0 Å². The van der Waals surface area contributed by atoms with Crippen LogP contribution >= 0.6 is 0 Å². The van der Waals surface area contributed by atoms with Gasteiger partial charge in [-0.05, 0) is 33.3 Å². The largest absolute Gasteiger partial charge is 0.460 e. The topological polar surface area (TPSA) is 93.7 Å². The lowest BCUT2D eigenvalue weighted by Gasteiger charge is -2.23. The van der Waals surface area contributed by atoms with Gasteiger partial charge in [-0.25, -0.2) is 4.79 Å². The molecule has 27 heavy (non-hydrogen) atoms. The Balaban J connectivity index is 2.69. The maximum Gasteiger partial charge on any atom is 0.408 e. The van der Waals surface area contributed by atoms with Gasteiger partial charge in [0.2, 0.25) is 5.91 Å². The molecule has 1 aromatic rings. The summed E-state index contributed by atoms with van der Waals surface area (Å²) in [4.78, 5) is 36.2. The van der Waals surface area contributed by atoms with Crippen molar-refractivity contribution in [3.8, 4) is 0 Å². The van der Waals surface area contributed by atoms with E-state index in [0.29, 0.717) is 0 Å². The highest BCUT2D eigenvalue weighted by Gasteiger charge is 2.25. The van der Waals surface area contributed by atoms with Crippen LogP contribution in [0.15, 0.2) is 42.5 Å². The van der Waals surface area contributed by atoms with Crippen molar-refractivity contribution in [3.63, 3.8) is 0 Å². The number of amides is 2. The zero-order chi connectivity index (χ0) is 20.3. The Labute approximate surface area is 160 Å². The molecule has 0 spiro atoms. The van der Waals surface area contributed by atoms with E-state index in [1.807, 2.05) is 37.3 Å². The van der Waals surface area contributed by atoms with Crippen molar-refractivity contribution >= 4 is 18.0 Å². The third kappa shape index (κ3) is 10.0. The molecule has 148 valence electrons. The molecule has 0 unspecified atom stereocenters. The van der Waals surface area contributed by atoms with E-state index in [-0.39, 0.29) is 19.6 Å². The Bertz CT molecular complexity index is 650. The quantitative estimate of drug-likeness (QED) is 0.537. The van der Waals surface area contributed by atoms with E-state index in [1.54, 1.807) is 32.9 Å². The molecule has 0 aliphatic rings. The molecule has 2 amide bonds. The molecule has 1 atom stereocenters. The van der Waals surface area contributed by atoms with E-state index in [1.165, 1.54) is 0 Å². The third-order valence-corrected chi connectivity index (χ3v) is 3.27. The lowest BCUT2D eigenvalue weighted by Crippen LogP contribution is -2.50. The van der Waals surface area contributed by atoms with Gasteiger partial charge in [-0.15, -0.1) is 0 Å². The normalized spacial score (nSPS) is 12.3. The number of rotatable bonds is 8.